The first-order chi connectivity index (χ1) is 10.0. The highest BCUT2D eigenvalue weighted by atomic mass is 35.5. The molecule has 0 radical (unpaired) electrons. The molecule has 2 unspecified atom stereocenters. The van der Waals surface area contributed by atoms with E-state index >= 15 is 0 Å². The maximum atomic E-state index is 6.37. The van der Waals surface area contributed by atoms with Gasteiger partial charge in [0.25, 0.3) is 0 Å². The van der Waals surface area contributed by atoms with E-state index in [9.17, 15) is 0 Å². The Kier molecular flexibility index (Phi) is 5.82. The molecule has 0 saturated heterocycles. The standard InChI is InChI=1S/C17H23ClN2S/c1-4-14(19)17(15-9-10-16(18)21-15)20(3)11-13-8-6-5-7-12(13)2/h5-10,14,17H,4,11,19H2,1-3H3. The maximum absolute atomic E-state index is 6.37. The topological polar surface area (TPSA) is 29.3 Å². The average Bonchev–Trinajstić information content (AvgIpc) is 2.87. The fraction of sp³-hybridized carbons (Fsp3) is 0.412. The number of benzene rings is 1. The van der Waals surface area contributed by atoms with Crippen LogP contribution in [0.4, 0.5) is 0 Å². The molecule has 4 heteroatoms. The van der Waals surface area contributed by atoms with Crippen molar-refractivity contribution in [2.75, 3.05) is 7.05 Å². The molecule has 0 aliphatic heterocycles. The third-order valence-electron chi connectivity index (χ3n) is 3.92. The second-order valence-electron chi connectivity index (χ2n) is 5.50. The van der Waals surface area contributed by atoms with E-state index in [1.807, 2.05) is 6.07 Å². The van der Waals surface area contributed by atoms with Crippen molar-refractivity contribution in [3.63, 3.8) is 0 Å². The van der Waals surface area contributed by atoms with E-state index in [-0.39, 0.29) is 12.1 Å². The van der Waals surface area contributed by atoms with Gasteiger partial charge in [0.1, 0.15) is 0 Å². The molecule has 1 aromatic heterocycles. The van der Waals surface area contributed by atoms with Gasteiger partial charge in [0, 0.05) is 17.5 Å². The molecule has 0 aliphatic rings. The Morgan fingerprint density at radius 2 is 1.95 bits per heavy atom. The van der Waals surface area contributed by atoms with Crippen molar-refractivity contribution in [2.24, 2.45) is 5.73 Å². The summed E-state index contributed by atoms with van der Waals surface area (Å²) in [5.74, 6) is 0. The van der Waals surface area contributed by atoms with Crippen LogP contribution in [0.15, 0.2) is 36.4 Å². The van der Waals surface area contributed by atoms with Crippen molar-refractivity contribution in [1.29, 1.82) is 0 Å². The molecule has 0 aliphatic carbocycles. The summed E-state index contributed by atoms with van der Waals surface area (Å²) in [6.07, 6.45) is 0.943. The molecule has 0 fully saturated rings. The van der Waals surface area contributed by atoms with Crippen molar-refractivity contribution < 1.29 is 0 Å². The number of thiophene rings is 1. The minimum atomic E-state index is 0.105. The number of aryl methyl sites for hydroxylation is 1. The van der Waals surface area contributed by atoms with Crippen molar-refractivity contribution >= 4 is 22.9 Å². The molecule has 1 aromatic carbocycles. The lowest BCUT2D eigenvalue weighted by Gasteiger charge is -2.32. The van der Waals surface area contributed by atoms with Gasteiger partial charge in [-0.2, -0.15) is 0 Å². The molecule has 2 aromatic rings. The van der Waals surface area contributed by atoms with Crippen molar-refractivity contribution in [1.82, 2.24) is 4.90 Å². The van der Waals surface area contributed by atoms with Gasteiger partial charge in [-0.25, -0.2) is 0 Å². The van der Waals surface area contributed by atoms with E-state index in [2.05, 4.69) is 56.1 Å². The summed E-state index contributed by atoms with van der Waals surface area (Å²) in [6.45, 7) is 5.18. The number of nitrogens with zero attached hydrogens (tertiary/aromatic N) is 1. The number of likely N-dealkylation sites (N-methyl/N-ethyl adjacent to an activating group) is 1. The lowest BCUT2D eigenvalue weighted by Crippen LogP contribution is -2.38. The first-order valence-electron chi connectivity index (χ1n) is 7.28. The van der Waals surface area contributed by atoms with E-state index in [4.69, 9.17) is 17.3 Å². The van der Waals surface area contributed by atoms with E-state index in [0.29, 0.717) is 0 Å². The van der Waals surface area contributed by atoms with Crippen LogP contribution in [-0.2, 0) is 6.54 Å². The zero-order valence-corrected chi connectivity index (χ0v) is 14.4. The molecular weight excluding hydrogens is 300 g/mol. The molecule has 2 nitrogen and oxygen atoms in total. The lowest BCUT2D eigenvalue weighted by molar-refractivity contribution is 0.204. The summed E-state index contributed by atoms with van der Waals surface area (Å²) >= 11 is 7.73. The van der Waals surface area contributed by atoms with Crippen LogP contribution in [0.25, 0.3) is 0 Å². The normalized spacial score (nSPS) is 14.4. The van der Waals surface area contributed by atoms with Crippen LogP contribution in [0.3, 0.4) is 0 Å². The Morgan fingerprint density at radius 3 is 2.52 bits per heavy atom. The van der Waals surface area contributed by atoms with Crippen molar-refractivity contribution in [2.45, 2.75) is 38.9 Å². The third kappa shape index (κ3) is 4.07. The first-order valence-corrected chi connectivity index (χ1v) is 8.48. The van der Waals surface area contributed by atoms with Gasteiger partial charge in [0.05, 0.1) is 10.4 Å². The lowest BCUT2D eigenvalue weighted by atomic mass is 10.0. The van der Waals surface area contributed by atoms with Crippen LogP contribution in [0.1, 0.15) is 35.4 Å². The zero-order chi connectivity index (χ0) is 15.4. The van der Waals surface area contributed by atoms with Gasteiger partial charge in [0.2, 0.25) is 0 Å². The van der Waals surface area contributed by atoms with Gasteiger partial charge in [0.15, 0.2) is 0 Å². The zero-order valence-electron chi connectivity index (χ0n) is 12.8. The quantitative estimate of drug-likeness (QED) is 0.840. The van der Waals surface area contributed by atoms with Gasteiger partial charge in [-0.3, -0.25) is 4.90 Å². The van der Waals surface area contributed by atoms with Crippen LogP contribution in [0.2, 0.25) is 4.34 Å². The number of halogens is 1. The Labute approximate surface area is 136 Å². The Hall–Kier alpha value is -0.870. The van der Waals surface area contributed by atoms with E-state index in [0.717, 1.165) is 17.3 Å². The van der Waals surface area contributed by atoms with Crippen LogP contribution in [0, 0.1) is 6.92 Å². The van der Waals surface area contributed by atoms with Crippen LogP contribution in [0.5, 0.6) is 0 Å². The number of rotatable bonds is 6. The van der Waals surface area contributed by atoms with Crippen LogP contribution < -0.4 is 5.73 Å². The number of nitrogens with two attached hydrogens (primary N) is 1. The molecule has 1 heterocycles. The van der Waals surface area contributed by atoms with Gasteiger partial charge in [-0.1, -0.05) is 42.8 Å². The second kappa shape index (κ2) is 7.41. The fourth-order valence-electron chi connectivity index (χ4n) is 2.62. The Balaban J connectivity index is 2.22. The summed E-state index contributed by atoms with van der Waals surface area (Å²) in [6, 6.07) is 12.9. The summed E-state index contributed by atoms with van der Waals surface area (Å²) in [7, 11) is 2.14. The fourth-order valence-corrected chi connectivity index (χ4v) is 3.92. The summed E-state index contributed by atoms with van der Waals surface area (Å²) < 4.78 is 0.822. The SMILES string of the molecule is CCC(N)C(c1ccc(Cl)s1)N(C)Cc1ccccc1C. The third-order valence-corrected chi connectivity index (χ3v) is 5.22. The van der Waals surface area contributed by atoms with E-state index in [1.165, 1.54) is 16.0 Å². The molecule has 0 saturated carbocycles. The van der Waals surface area contributed by atoms with E-state index < -0.39 is 0 Å². The summed E-state index contributed by atoms with van der Waals surface area (Å²) in [5.41, 5.74) is 9.03. The molecule has 21 heavy (non-hydrogen) atoms. The molecule has 0 spiro atoms. The highest BCUT2D eigenvalue weighted by Gasteiger charge is 2.25. The van der Waals surface area contributed by atoms with Gasteiger partial charge in [-0.15, -0.1) is 11.3 Å². The molecule has 0 bridgehead atoms. The second-order valence-corrected chi connectivity index (χ2v) is 7.25. The molecular formula is C17H23ClN2S. The minimum Gasteiger partial charge on any atom is -0.326 e. The predicted molar refractivity (Wildman–Crippen MR) is 93.0 cm³/mol. The first kappa shape index (κ1) is 16.5. The van der Waals surface area contributed by atoms with Crippen molar-refractivity contribution in [3.8, 4) is 0 Å². The van der Waals surface area contributed by atoms with Crippen molar-refractivity contribution in [3.05, 3.63) is 56.7 Å². The smallest absolute Gasteiger partial charge is 0.0931 e. The predicted octanol–water partition coefficient (Wildman–Crippen LogP) is 4.62. The monoisotopic (exact) mass is 322 g/mol. The maximum Gasteiger partial charge on any atom is 0.0931 e. The number of hydrogen-bond acceptors (Lipinski definition) is 3. The summed E-state index contributed by atoms with van der Waals surface area (Å²) in [5, 5.41) is 0. The molecule has 2 atom stereocenters. The van der Waals surface area contributed by atoms with Crippen LogP contribution >= 0.6 is 22.9 Å². The molecule has 114 valence electrons. The molecule has 2 rings (SSSR count). The minimum absolute atomic E-state index is 0.105. The Bertz CT molecular complexity index is 582. The van der Waals surface area contributed by atoms with E-state index in [1.54, 1.807) is 11.3 Å². The largest absolute Gasteiger partial charge is 0.326 e. The Morgan fingerprint density at radius 1 is 1.24 bits per heavy atom. The van der Waals surface area contributed by atoms with Gasteiger partial charge in [-0.05, 0) is 43.7 Å². The molecule has 0 amide bonds. The van der Waals surface area contributed by atoms with Crippen LogP contribution in [-0.4, -0.2) is 18.0 Å². The highest BCUT2D eigenvalue weighted by molar-refractivity contribution is 7.16. The highest BCUT2D eigenvalue weighted by Crippen LogP contribution is 2.33. The van der Waals surface area contributed by atoms with Gasteiger partial charge < -0.3 is 5.73 Å². The van der Waals surface area contributed by atoms with Gasteiger partial charge >= 0.3 is 0 Å². The summed E-state index contributed by atoms with van der Waals surface area (Å²) in [4.78, 5) is 3.57. The number of hydrogen-bond donors (Lipinski definition) is 1. The molecule has 2 N–H and O–H groups in total. The average molecular weight is 323 g/mol.